The van der Waals surface area contributed by atoms with Crippen LogP contribution in [0.5, 0.6) is 0 Å². The van der Waals surface area contributed by atoms with E-state index in [1.165, 1.54) is 56.5 Å². The maximum Gasteiger partial charge on any atom is 0.287 e. The lowest BCUT2D eigenvalue weighted by Crippen LogP contribution is -2.24. The van der Waals surface area contributed by atoms with Crippen LogP contribution in [0.3, 0.4) is 0 Å². The zero-order valence-electron chi connectivity index (χ0n) is 14.9. The van der Waals surface area contributed by atoms with Gasteiger partial charge in [0, 0.05) is 13.1 Å². The van der Waals surface area contributed by atoms with Gasteiger partial charge < -0.3 is 15.5 Å². The van der Waals surface area contributed by atoms with Crippen molar-refractivity contribution in [3.05, 3.63) is 59.0 Å². The predicted octanol–water partition coefficient (Wildman–Crippen LogP) is 2.68. The molecule has 2 amide bonds. The Balaban J connectivity index is 1.50. The fraction of sp³-hybridized carbons (Fsp3) is 0.400. The summed E-state index contributed by atoms with van der Waals surface area (Å²) in [5.41, 5.74) is 7.42. The maximum absolute atomic E-state index is 12.1. The van der Waals surface area contributed by atoms with Gasteiger partial charge in [0.05, 0.1) is 0 Å². The van der Waals surface area contributed by atoms with E-state index in [0.29, 0.717) is 6.54 Å². The molecule has 6 nitrogen and oxygen atoms in total. The summed E-state index contributed by atoms with van der Waals surface area (Å²) >= 11 is 0. The quantitative estimate of drug-likeness (QED) is 0.834. The number of likely N-dealkylation sites (tertiary alicyclic amines) is 1. The first kappa shape index (κ1) is 18.2. The molecule has 6 heteroatoms. The molecule has 0 aliphatic carbocycles. The highest BCUT2D eigenvalue weighted by Crippen LogP contribution is 2.14. The molecule has 0 saturated carbocycles. The number of furan rings is 1. The molecule has 1 aliphatic heterocycles. The summed E-state index contributed by atoms with van der Waals surface area (Å²) < 4.78 is 5.12. The van der Waals surface area contributed by atoms with E-state index in [1.807, 2.05) is 12.1 Å². The second-order valence-corrected chi connectivity index (χ2v) is 6.72. The number of nitrogens with zero attached hydrogens (tertiary/aromatic N) is 1. The lowest BCUT2D eigenvalue weighted by Gasteiger charge is -2.19. The zero-order valence-corrected chi connectivity index (χ0v) is 14.9. The van der Waals surface area contributed by atoms with Crippen molar-refractivity contribution in [2.75, 3.05) is 13.1 Å². The van der Waals surface area contributed by atoms with Crippen molar-refractivity contribution < 1.29 is 14.0 Å². The fourth-order valence-corrected chi connectivity index (χ4v) is 3.18. The highest BCUT2D eigenvalue weighted by Gasteiger charge is 2.13. The van der Waals surface area contributed by atoms with Crippen molar-refractivity contribution in [1.82, 2.24) is 10.2 Å². The molecule has 138 valence electrons. The van der Waals surface area contributed by atoms with E-state index in [-0.39, 0.29) is 17.4 Å². The summed E-state index contributed by atoms with van der Waals surface area (Å²) in [5, 5.41) is 2.78. The molecular formula is C20H25N3O3. The molecule has 2 aromatic rings. The Labute approximate surface area is 153 Å². The molecule has 0 atom stereocenters. The molecule has 1 aromatic heterocycles. The summed E-state index contributed by atoms with van der Waals surface area (Å²) in [5.74, 6) is -1.00. The van der Waals surface area contributed by atoms with Crippen LogP contribution in [-0.4, -0.2) is 29.8 Å². The number of hydrogen-bond acceptors (Lipinski definition) is 4. The van der Waals surface area contributed by atoms with Crippen LogP contribution in [0.25, 0.3) is 0 Å². The van der Waals surface area contributed by atoms with Crippen molar-refractivity contribution in [1.29, 1.82) is 0 Å². The lowest BCUT2D eigenvalue weighted by molar-refractivity contribution is 0.0913. The minimum atomic E-state index is -0.691. The number of nitrogens with one attached hydrogen (secondary N) is 1. The number of carbonyl (C=O) groups excluding carboxylic acids is 2. The Bertz CT molecular complexity index is 744. The third-order valence-corrected chi connectivity index (χ3v) is 4.65. The third kappa shape index (κ3) is 4.95. The normalized spacial score (nSPS) is 15.4. The van der Waals surface area contributed by atoms with Gasteiger partial charge in [-0.2, -0.15) is 0 Å². The number of primary amides is 1. The number of nitrogens with two attached hydrogens (primary N) is 1. The molecule has 1 aliphatic rings. The van der Waals surface area contributed by atoms with Crippen molar-refractivity contribution in [2.45, 2.75) is 38.8 Å². The third-order valence-electron chi connectivity index (χ3n) is 4.65. The molecule has 0 unspecified atom stereocenters. The SMILES string of the molecule is NC(=O)c1ccc(C(=O)NCc2ccc(CN3CCCCCC3)cc2)o1. The molecule has 2 heterocycles. The molecule has 26 heavy (non-hydrogen) atoms. The molecule has 1 fully saturated rings. The maximum atomic E-state index is 12.1. The topological polar surface area (TPSA) is 88.6 Å². The number of hydrogen-bond donors (Lipinski definition) is 2. The van der Waals surface area contributed by atoms with Crippen LogP contribution in [0.2, 0.25) is 0 Å². The lowest BCUT2D eigenvalue weighted by atomic mass is 10.1. The Kier molecular flexibility index (Phi) is 6.07. The molecular weight excluding hydrogens is 330 g/mol. The standard InChI is InChI=1S/C20H25N3O3/c21-19(24)17-9-10-18(26-17)20(25)22-13-15-5-7-16(8-6-15)14-23-11-3-1-2-4-12-23/h5-10H,1-4,11-14H2,(H2,21,24)(H,22,25). The van der Waals surface area contributed by atoms with Crippen LogP contribution in [0, 0.1) is 0 Å². The number of carbonyl (C=O) groups is 2. The van der Waals surface area contributed by atoms with E-state index in [1.54, 1.807) is 0 Å². The summed E-state index contributed by atoms with van der Waals surface area (Å²) in [6.45, 7) is 3.73. The van der Waals surface area contributed by atoms with Gasteiger partial charge in [0.25, 0.3) is 11.8 Å². The first-order valence-corrected chi connectivity index (χ1v) is 9.10. The van der Waals surface area contributed by atoms with Crippen molar-refractivity contribution in [3.63, 3.8) is 0 Å². The predicted molar refractivity (Wildman–Crippen MR) is 98.6 cm³/mol. The molecule has 3 N–H and O–H groups in total. The van der Waals surface area contributed by atoms with Gasteiger partial charge in [-0.25, -0.2) is 0 Å². The van der Waals surface area contributed by atoms with Crippen LogP contribution >= 0.6 is 0 Å². The van der Waals surface area contributed by atoms with Crippen LogP contribution in [-0.2, 0) is 13.1 Å². The Hall–Kier alpha value is -2.60. The Morgan fingerprint density at radius 3 is 2.15 bits per heavy atom. The monoisotopic (exact) mass is 355 g/mol. The number of rotatable bonds is 6. The smallest absolute Gasteiger partial charge is 0.287 e. The number of amides is 2. The van der Waals surface area contributed by atoms with Gasteiger partial charge in [0.1, 0.15) is 0 Å². The van der Waals surface area contributed by atoms with Gasteiger partial charge in [-0.05, 0) is 49.2 Å². The van der Waals surface area contributed by atoms with Crippen molar-refractivity contribution >= 4 is 11.8 Å². The minimum absolute atomic E-state index is 0.0204. The van der Waals surface area contributed by atoms with Gasteiger partial charge >= 0.3 is 0 Å². The van der Waals surface area contributed by atoms with E-state index in [2.05, 4.69) is 22.3 Å². The van der Waals surface area contributed by atoms with E-state index in [0.717, 1.165) is 12.1 Å². The molecule has 1 saturated heterocycles. The van der Waals surface area contributed by atoms with Gasteiger partial charge in [-0.3, -0.25) is 14.5 Å². The second-order valence-electron chi connectivity index (χ2n) is 6.72. The van der Waals surface area contributed by atoms with Gasteiger partial charge in [0.2, 0.25) is 0 Å². The molecule has 0 bridgehead atoms. The summed E-state index contributed by atoms with van der Waals surface area (Å²) in [4.78, 5) is 25.6. The molecule has 0 spiro atoms. The number of benzene rings is 1. The van der Waals surface area contributed by atoms with Crippen LogP contribution in [0.15, 0.2) is 40.8 Å². The van der Waals surface area contributed by atoms with Gasteiger partial charge in [-0.1, -0.05) is 37.1 Å². The molecule has 3 rings (SSSR count). The second kappa shape index (κ2) is 8.67. The van der Waals surface area contributed by atoms with Crippen molar-refractivity contribution in [3.8, 4) is 0 Å². The Morgan fingerprint density at radius 1 is 0.923 bits per heavy atom. The average molecular weight is 355 g/mol. The van der Waals surface area contributed by atoms with Crippen LogP contribution < -0.4 is 11.1 Å². The fourth-order valence-electron chi connectivity index (χ4n) is 3.18. The van der Waals surface area contributed by atoms with E-state index in [9.17, 15) is 9.59 Å². The summed E-state index contributed by atoms with van der Waals surface area (Å²) in [6.07, 6.45) is 5.25. The van der Waals surface area contributed by atoms with E-state index >= 15 is 0 Å². The van der Waals surface area contributed by atoms with Gasteiger partial charge in [0.15, 0.2) is 11.5 Å². The van der Waals surface area contributed by atoms with Gasteiger partial charge in [-0.15, -0.1) is 0 Å². The first-order chi connectivity index (χ1) is 12.6. The van der Waals surface area contributed by atoms with Crippen molar-refractivity contribution in [2.24, 2.45) is 5.73 Å². The highest BCUT2D eigenvalue weighted by molar-refractivity contribution is 5.94. The average Bonchev–Trinajstić information content (AvgIpc) is 3.01. The first-order valence-electron chi connectivity index (χ1n) is 9.10. The van der Waals surface area contributed by atoms with E-state index < -0.39 is 5.91 Å². The minimum Gasteiger partial charge on any atom is -0.446 e. The molecule has 0 radical (unpaired) electrons. The Morgan fingerprint density at radius 2 is 1.54 bits per heavy atom. The largest absolute Gasteiger partial charge is 0.446 e. The zero-order chi connectivity index (χ0) is 18.4. The summed E-state index contributed by atoms with van der Waals surface area (Å²) in [7, 11) is 0. The van der Waals surface area contributed by atoms with Crippen LogP contribution in [0.1, 0.15) is 57.9 Å². The van der Waals surface area contributed by atoms with Crippen LogP contribution in [0.4, 0.5) is 0 Å². The van der Waals surface area contributed by atoms with E-state index in [4.69, 9.17) is 10.2 Å². The highest BCUT2D eigenvalue weighted by atomic mass is 16.4. The summed E-state index contributed by atoms with van der Waals surface area (Å²) in [6, 6.07) is 11.1. The molecule has 1 aromatic carbocycles.